The molecule has 8 nitrogen and oxygen atoms in total. The van der Waals surface area contributed by atoms with E-state index >= 15 is 0 Å². The van der Waals surface area contributed by atoms with Gasteiger partial charge in [-0.15, -0.1) is 0 Å². The van der Waals surface area contributed by atoms with Crippen molar-refractivity contribution in [1.29, 1.82) is 0 Å². The van der Waals surface area contributed by atoms with Crippen molar-refractivity contribution in [3.63, 3.8) is 0 Å². The van der Waals surface area contributed by atoms with E-state index in [2.05, 4.69) is 11.0 Å². The second-order valence-corrected chi connectivity index (χ2v) is 10.3. The lowest BCUT2D eigenvalue weighted by Gasteiger charge is -2.35. The van der Waals surface area contributed by atoms with Crippen molar-refractivity contribution in [2.45, 2.75) is 51.8 Å². The number of likely N-dealkylation sites (tertiary alicyclic amines) is 1. The Labute approximate surface area is 189 Å². The number of hydrogen-bond donors (Lipinski definition) is 0. The predicted molar refractivity (Wildman–Crippen MR) is 122 cm³/mol. The molecule has 2 saturated heterocycles. The molecule has 32 heavy (non-hydrogen) atoms. The van der Waals surface area contributed by atoms with Crippen molar-refractivity contribution in [2.75, 3.05) is 33.2 Å². The molecule has 174 valence electrons. The maximum Gasteiger partial charge on any atom is 0.410 e. The molecule has 2 unspecified atom stereocenters. The van der Waals surface area contributed by atoms with Crippen molar-refractivity contribution in [1.82, 2.24) is 19.3 Å². The Morgan fingerprint density at radius 3 is 2.56 bits per heavy atom. The van der Waals surface area contributed by atoms with Crippen LogP contribution in [0.15, 0.2) is 17.1 Å². The number of hydrogen-bond acceptors (Lipinski definition) is 5. The Morgan fingerprint density at radius 2 is 1.91 bits per heavy atom. The first-order chi connectivity index (χ1) is 15.0. The van der Waals surface area contributed by atoms with E-state index in [0.29, 0.717) is 49.3 Å². The summed E-state index contributed by atoms with van der Waals surface area (Å²) in [5.74, 6) is 0.254. The van der Waals surface area contributed by atoms with Gasteiger partial charge in [0.15, 0.2) is 0 Å². The van der Waals surface area contributed by atoms with E-state index in [9.17, 15) is 14.4 Å². The molecule has 0 aromatic carbocycles. The number of aryl methyl sites for hydroxylation is 1. The lowest BCUT2D eigenvalue weighted by Crippen LogP contribution is -2.44. The fraction of sp³-hybridized carbons (Fsp3) is 0.625. The van der Waals surface area contributed by atoms with Gasteiger partial charge in [-0.3, -0.25) is 14.5 Å². The van der Waals surface area contributed by atoms with Crippen LogP contribution in [0.3, 0.4) is 0 Å². The number of carbonyl (C=O) groups is 2. The van der Waals surface area contributed by atoms with Gasteiger partial charge in [0.05, 0.1) is 5.56 Å². The number of amides is 2. The zero-order valence-corrected chi connectivity index (χ0v) is 19.8. The minimum Gasteiger partial charge on any atom is -0.444 e. The molecule has 0 aliphatic carbocycles. The van der Waals surface area contributed by atoms with Gasteiger partial charge in [-0.25, -0.2) is 4.79 Å². The highest BCUT2D eigenvalue weighted by atomic mass is 16.6. The minimum atomic E-state index is -0.500. The molecule has 3 aliphatic heterocycles. The number of aromatic nitrogens is 1. The average Bonchev–Trinajstić information content (AvgIpc) is 3.48. The summed E-state index contributed by atoms with van der Waals surface area (Å²) >= 11 is 0. The molecule has 2 amide bonds. The van der Waals surface area contributed by atoms with E-state index in [0.717, 1.165) is 24.9 Å². The van der Waals surface area contributed by atoms with Gasteiger partial charge in [-0.05, 0) is 45.1 Å². The van der Waals surface area contributed by atoms with Gasteiger partial charge in [0, 0.05) is 64.6 Å². The monoisotopic (exact) mass is 442 g/mol. The van der Waals surface area contributed by atoms with Crippen LogP contribution in [-0.4, -0.2) is 76.1 Å². The first-order valence-electron chi connectivity index (χ1n) is 11.4. The largest absolute Gasteiger partial charge is 0.444 e. The molecule has 1 aromatic heterocycles. The van der Waals surface area contributed by atoms with E-state index < -0.39 is 5.60 Å². The highest BCUT2D eigenvalue weighted by molar-refractivity contribution is 5.98. The molecule has 0 radical (unpaired) electrons. The maximum absolute atomic E-state index is 13.4. The van der Waals surface area contributed by atoms with E-state index in [1.54, 1.807) is 23.0 Å². The summed E-state index contributed by atoms with van der Waals surface area (Å²) in [5.41, 5.74) is 1.51. The van der Waals surface area contributed by atoms with Gasteiger partial charge in [0.2, 0.25) is 0 Å². The van der Waals surface area contributed by atoms with Crippen LogP contribution in [0.5, 0.6) is 0 Å². The van der Waals surface area contributed by atoms with Crippen LogP contribution in [0.1, 0.15) is 55.1 Å². The second kappa shape index (κ2) is 8.39. The molecule has 1 aromatic rings. The van der Waals surface area contributed by atoms with Crippen LogP contribution in [0, 0.1) is 5.92 Å². The number of nitrogens with zero attached hydrogens (tertiary/aromatic N) is 4. The summed E-state index contributed by atoms with van der Waals surface area (Å²) < 4.78 is 6.99. The van der Waals surface area contributed by atoms with E-state index in [-0.39, 0.29) is 17.6 Å². The van der Waals surface area contributed by atoms with E-state index in [1.807, 2.05) is 33.9 Å². The molecule has 8 heteroatoms. The number of carbonyl (C=O) groups excluding carboxylic acids is 2. The number of pyridine rings is 1. The van der Waals surface area contributed by atoms with E-state index in [1.165, 1.54) is 4.57 Å². The van der Waals surface area contributed by atoms with Crippen LogP contribution in [0.25, 0.3) is 6.08 Å². The average molecular weight is 443 g/mol. The fourth-order valence-electron chi connectivity index (χ4n) is 4.59. The molecule has 0 saturated carbocycles. The smallest absolute Gasteiger partial charge is 0.410 e. The molecule has 2 fully saturated rings. The van der Waals surface area contributed by atoms with Gasteiger partial charge in [0.25, 0.3) is 11.5 Å². The lowest BCUT2D eigenvalue weighted by molar-refractivity contribution is 0.0171. The molecular weight excluding hydrogens is 408 g/mol. The van der Waals surface area contributed by atoms with Crippen molar-refractivity contribution in [3.05, 3.63) is 39.3 Å². The summed E-state index contributed by atoms with van der Waals surface area (Å²) in [6, 6.07) is 0.378. The summed E-state index contributed by atoms with van der Waals surface area (Å²) in [6.07, 6.45) is 7.11. The lowest BCUT2D eigenvalue weighted by atomic mass is 9.96. The number of fused-ring (bicyclic) bond motifs is 2. The van der Waals surface area contributed by atoms with Gasteiger partial charge in [0.1, 0.15) is 5.60 Å². The number of rotatable bonds is 3. The van der Waals surface area contributed by atoms with Crippen LogP contribution < -0.4 is 5.56 Å². The minimum absolute atomic E-state index is 0.0362. The van der Waals surface area contributed by atoms with Crippen molar-refractivity contribution in [2.24, 2.45) is 13.0 Å². The predicted octanol–water partition coefficient (Wildman–Crippen LogP) is 2.32. The molecule has 0 spiro atoms. The summed E-state index contributed by atoms with van der Waals surface area (Å²) in [4.78, 5) is 44.1. The molecule has 0 bridgehead atoms. The SMILES string of the molecule is CN(CC1CCN(C(=O)OC(C)(C)C)CC1)C(=O)c1cn(C)c(=O)c2c1C=CC1CN1C2. The Morgan fingerprint density at radius 1 is 1.22 bits per heavy atom. The van der Waals surface area contributed by atoms with Gasteiger partial charge < -0.3 is 19.1 Å². The van der Waals surface area contributed by atoms with Crippen molar-refractivity contribution in [3.8, 4) is 0 Å². The number of piperidine rings is 1. The quantitative estimate of drug-likeness (QED) is 0.672. The van der Waals surface area contributed by atoms with Crippen molar-refractivity contribution < 1.29 is 14.3 Å². The molecule has 4 rings (SSSR count). The standard InChI is InChI=1S/C24H34N4O4/c1-24(2,3)32-23(31)27-10-8-16(9-11-27)12-25(4)21(29)19-14-26(5)22(30)20-15-28-13-17(28)6-7-18(19)20/h6-7,14,16-17H,8-13,15H2,1-5H3. The third-order valence-corrected chi connectivity index (χ3v) is 6.50. The summed E-state index contributed by atoms with van der Waals surface area (Å²) in [6.45, 7) is 9.06. The molecule has 4 heterocycles. The summed E-state index contributed by atoms with van der Waals surface area (Å²) in [5, 5.41) is 0. The fourth-order valence-corrected chi connectivity index (χ4v) is 4.59. The molecule has 0 N–H and O–H groups in total. The first kappa shape index (κ1) is 22.6. The number of ether oxygens (including phenoxy) is 1. The van der Waals surface area contributed by atoms with Gasteiger partial charge >= 0.3 is 6.09 Å². The Balaban J connectivity index is 1.41. The van der Waals surface area contributed by atoms with E-state index in [4.69, 9.17) is 4.74 Å². The topological polar surface area (TPSA) is 74.9 Å². The van der Waals surface area contributed by atoms with Crippen molar-refractivity contribution >= 4 is 18.1 Å². The van der Waals surface area contributed by atoms with Crippen LogP contribution in [-0.2, 0) is 18.3 Å². The summed E-state index contributed by atoms with van der Waals surface area (Å²) in [7, 11) is 3.53. The molecular formula is C24H34N4O4. The highest BCUT2D eigenvalue weighted by Gasteiger charge is 2.36. The maximum atomic E-state index is 13.4. The highest BCUT2D eigenvalue weighted by Crippen LogP contribution is 2.29. The Bertz CT molecular complexity index is 998. The molecule has 2 atom stereocenters. The van der Waals surface area contributed by atoms with Gasteiger partial charge in [-0.1, -0.05) is 12.2 Å². The Hall–Kier alpha value is -2.61. The zero-order valence-electron chi connectivity index (χ0n) is 19.8. The Kier molecular flexibility index (Phi) is 5.92. The zero-order chi connectivity index (χ0) is 23.2. The third kappa shape index (κ3) is 4.75. The second-order valence-electron chi connectivity index (χ2n) is 10.3. The first-order valence-corrected chi connectivity index (χ1v) is 11.4. The van der Waals surface area contributed by atoms with Crippen LogP contribution in [0.4, 0.5) is 4.79 Å². The van der Waals surface area contributed by atoms with Crippen LogP contribution in [0.2, 0.25) is 0 Å². The van der Waals surface area contributed by atoms with Crippen LogP contribution >= 0.6 is 0 Å². The van der Waals surface area contributed by atoms with Gasteiger partial charge in [-0.2, -0.15) is 0 Å². The normalized spacial score (nSPS) is 22.6. The third-order valence-electron chi connectivity index (χ3n) is 6.50. The molecule has 3 aliphatic rings.